The summed E-state index contributed by atoms with van der Waals surface area (Å²) >= 11 is 0. The summed E-state index contributed by atoms with van der Waals surface area (Å²) in [6, 6.07) is 3.64. The van der Waals surface area contributed by atoms with Crippen LogP contribution in [0.3, 0.4) is 0 Å². The number of aryl methyl sites for hydroxylation is 3. The SMILES string of the molecule is CCc1cc(Nc2cc(C)c(C(=O)NC)nn2)nc(C)n1. The molecule has 2 rings (SSSR count). The minimum absolute atomic E-state index is 0.252. The third-order valence-corrected chi connectivity index (χ3v) is 2.94. The van der Waals surface area contributed by atoms with E-state index in [-0.39, 0.29) is 5.91 Å². The lowest BCUT2D eigenvalue weighted by Gasteiger charge is -2.08. The molecule has 0 radical (unpaired) electrons. The molecule has 0 aliphatic carbocycles. The lowest BCUT2D eigenvalue weighted by Crippen LogP contribution is -2.21. The summed E-state index contributed by atoms with van der Waals surface area (Å²) in [6.07, 6.45) is 0.832. The Kier molecular flexibility index (Phi) is 4.42. The third kappa shape index (κ3) is 3.50. The van der Waals surface area contributed by atoms with Crippen LogP contribution in [-0.4, -0.2) is 33.1 Å². The molecule has 1 amide bonds. The molecule has 0 unspecified atom stereocenters. The van der Waals surface area contributed by atoms with Gasteiger partial charge < -0.3 is 10.6 Å². The summed E-state index contributed by atoms with van der Waals surface area (Å²) in [5.41, 5.74) is 2.01. The Morgan fingerprint density at radius 3 is 2.52 bits per heavy atom. The molecule has 2 aromatic rings. The van der Waals surface area contributed by atoms with Gasteiger partial charge in [-0.1, -0.05) is 6.92 Å². The van der Waals surface area contributed by atoms with E-state index in [1.165, 1.54) is 0 Å². The minimum atomic E-state index is -0.252. The number of amides is 1. The van der Waals surface area contributed by atoms with Crippen molar-refractivity contribution in [1.82, 2.24) is 25.5 Å². The third-order valence-electron chi connectivity index (χ3n) is 2.94. The highest BCUT2D eigenvalue weighted by Gasteiger charge is 2.11. The van der Waals surface area contributed by atoms with Crippen molar-refractivity contribution in [2.24, 2.45) is 0 Å². The van der Waals surface area contributed by atoms with Gasteiger partial charge in [0, 0.05) is 18.8 Å². The zero-order valence-electron chi connectivity index (χ0n) is 12.6. The number of carbonyl (C=O) groups is 1. The number of hydrogen-bond donors (Lipinski definition) is 2. The first-order chi connectivity index (χ1) is 10.0. The summed E-state index contributed by atoms with van der Waals surface area (Å²) in [6.45, 7) is 5.69. The van der Waals surface area contributed by atoms with Gasteiger partial charge in [-0.3, -0.25) is 4.79 Å². The van der Waals surface area contributed by atoms with Crippen molar-refractivity contribution in [3.63, 3.8) is 0 Å². The van der Waals surface area contributed by atoms with Crippen LogP contribution in [-0.2, 0) is 6.42 Å². The zero-order valence-corrected chi connectivity index (χ0v) is 12.6. The fourth-order valence-corrected chi connectivity index (χ4v) is 1.89. The van der Waals surface area contributed by atoms with Crippen LogP contribution in [0.4, 0.5) is 11.6 Å². The number of rotatable bonds is 4. The lowest BCUT2D eigenvalue weighted by atomic mass is 10.2. The van der Waals surface area contributed by atoms with Gasteiger partial charge in [0.1, 0.15) is 11.6 Å². The minimum Gasteiger partial charge on any atom is -0.354 e. The molecule has 110 valence electrons. The molecule has 21 heavy (non-hydrogen) atoms. The number of anilines is 2. The summed E-state index contributed by atoms with van der Waals surface area (Å²) < 4.78 is 0. The Labute approximate surface area is 123 Å². The number of hydrogen-bond acceptors (Lipinski definition) is 6. The van der Waals surface area contributed by atoms with E-state index in [0.29, 0.717) is 23.2 Å². The van der Waals surface area contributed by atoms with E-state index in [1.807, 2.05) is 26.8 Å². The first-order valence-corrected chi connectivity index (χ1v) is 6.71. The molecule has 0 aliphatic heterocycles. The second-order valence-corrected chi connectivity index (χ2v) is 4.61. The Bertz CT molecular complexity index is 671. The van der Waals surface area contributed by atoms with Crippen molar-refractivity contribution >= 4 is 17.5 Å². The zero-order chi connectivity index (χ0) is 15.4. The van der Waals surface area contributed by atoms with Gasteiger partial charge in [-0.2, -0.15) is 0 Å². The molecule has 2 aromatic heterocycles. The van der Waals surface area contributed by atoms with E-state index in [0.717, 1.165) is 17.7 Å². The molecule has 0 saturated carbocycles. The highest BCUT2D eigenvalue weighted by atomic mass is 16.1. The van der Waals surface area contributed by atoms with Crippen LogP contribution >= 0.6 is 0 Å². The van der Waals surface area contributed by atoms with Crippen molar-refractivity contribution < 1.29 is 4.79 Å². The van der Waals surface area contributed by atoms with Crippen molar-refractivity contribution in [2.45, 2.75) is 27.2 Å². The van der Waals surface area contributed by atoms with E-state index in [9.17, 15) is 4.79 Å². The summed E-state index contributed by atoms with van der Waals surface area (Å²) in [4.78, 5) is 20.2. The van der Waals surface area contributed by atoms with Gasteiger partial charge in [0.25, 0.3) is 5.91 Å². The maximum absolute atomic E-state index is 11.6. The maximum Gasteiger partial charge on any atom is 0.271 e. The second kappa shape index (κ2) is 6.25. The molecule has 0 atom stereocenters. The normalized spacial score (nSPS) is 10.3. The monoisotopic (exact) mass is 286 g/mol. The van der Waals surface area contributed by atoms with Gasteiger partial charge in [-0.05, 0) is 31.9 Å². The average Bonchev–Trinajstić information content (AvgIpc) is 2.46. The molecule has 0 aliphatic rings. The standard InChI is InChI=1S/C14H18N6O/c1-5-10-7-11(17-9(3)16-10)18-12-6-8(2)13(20-19-12)14(21)15-4/h6-7H,5H2,1-4H3,(H,15,21)(H,16,17,18,19). The molecular weight excluding hydrogens is 268 g/mol. The predicted molar refractivity (Wildman–Crippen MR) is 79.6 cm³/mol. The fourth-order valence-electron chi connectivity index (χ4n) is 1.89. The van der Waals surface area contributed by atoms with E-state index in [2.05, 4.69) is 30.8 Å². The molecule has 7 nitrogen and oxygen atoms in total. The van der Waals surface area contributed by atoms with Crippen LogP contribution in [0.15, 0.2) is 12.1 Å². The largest absolute Gasteiger partial charge is 0.354 e. The molecule has 0 bridgehead atoms. The van der Waals surface area contributed by atoms with E-state index >= 15 is 0 Å². The van der Waals surface area contributed by atoms with Crippen LogP contribution < -0.4 is 10.6 Å². The van der Waals surface area contributed by atoms with Crippen molar-refractivity contribution in [3.05, 3.63) is 34.9 Å². The summed E-state index contributed by atoms with van der Waals surface area (Å²) in [5.74, 6) is 1.65. The smallest absolute Gasteiger partial charge is 0.271 e. The van der Waals surface area contributed by atoms with Gasteiger partial charge in [-0.15, -0.1) is 10.2 Å². The fraction of sp³-hybridized carbons (Fsp3) is 0.357. The molecule has 7 heteroatoms. The van der Waals surface area contributed by atoms with Crippen LogP contribution in [0.5, 0.6) is 0 Å². The quantitative estimate of drug-likeness (QED) is 0.885. The predicted octanol–water partition coefficient (Wildman–Crippen LogP) is 1.55. The van der Waals surface area contributed by atoms with Crippen LogP contribution in [0, 0.1) is 13.8 Å². The molecule has 0 spiro atoms. The Morgan fingerprint density at radius 2 is 1.90 bits per heavy atom. The molecular formula is C14H18N6O. The molecule has 0 aromatic carbocycles. The van der Waals surface area contributed by atoms with Crippen molar-refractivity contribution in [1.29, 1.82) is 0 Å². The average molecular weight is 286 g/mol. The van der Waals surface area contributed by atoms with Gasteiger partial charge in [0.05, 0.1) is 0 Å². The first-order valence-electron chi connectivity index (χ1n) is 6.71. The number of aromatic nitrogens is 4. The number of nitrogens with one attached hydrogen (secondary N) is 2. The Balaban J connectivity index is 2.26. The molecule has 2 N–H and O–H groups in total. The Hall–Kier alpha value is -2.57. The van der Waals surface area contributed by atoms with Gasteiger partial charge in [0.15, 0.2) is 11.5 Å². The topological polar surface area (TPSA) is 92.7 Å². The lowest BCUT2D eigenvalue weighted by molar-refractivity contribution is 0.0956. The number of nitrogens with zero attached hydrogens (tertiary/aromatic N) is 4. The van der Waals surface area contributed by atoms with Gasteiger partial charge >= 0.3 is 0 Å². The molecule has 0 saturated heterocycles. The first kappa shape index (κ1) is 14.8. The number of carbonyl (C=O) groups excluding carboxylic acids is 1. The van der Waals surface area contributed by atoms with Gasteiger partial charge in [-0.25, -0.2) is 9.97 Å². The van der Waals surface area contributed by atoms with Gasteiger partial charge in [0.2, 0.25) is 0 Å². The van der Waals surface area contributed by atoms with Crippen LogP contribution in [0.25, 0.3) is 0 Å². The summed E-state index contributed by atoms with van der Waals surface area (Å²) in [5, 5.41) is 13.6. The summed E-state index contributed by atoms with van der Waals surface area (Å²) in [7, 11) is 1.56. The molecule has 2 heterocycles. The second-order valence-electron chi connectivity index (χ2n) is 4.61. The maximum atomic E-state index is 11.6. The van der Waals surface area contributed by atoms with E-state index < -0.39 is 0 Å². The van der Waals surface area contributed by atoms with Crippen molar-refractivity contribution in [2.75, 3.05) is 12.4 Å². The molecule has 0 fully saturated rings. The van der Waals surface area contributed by atoms with E-state index in [1.54, 1.807) is 13.1 Å². The highest BCUT2D eigenvalue weighted by molar-refractivity contribution is 5.93. The van der Waals surface area contributed by atoms with Crippen molar-refractivity contribution in [3.8, 4) is 0 Å². The Morgan fingerprint density at radius 1 is 1.14 bits per heavy atom. The van der Waals surface area contributed by atoms with Crippen LogP contribution in [0.2, 0.25) is 0 Å². The van der Waals surface area contributed by atoms with Crippen LogP contribution in [0.1, 0.15) is 34.5 Å². The highest BCUT2D eigenvalue weighted by Crippen LogP contribution is 2.15. The van der Waals surface area contributed by atoms with E-state index in [4.69, 9.17) is 0 Å².